The van der Waals surface area contributed by atoms with Crippen LogP contribution in [0.4, 0.5) is 0 Å². The Morgan fingerprint density at radius 3 is 2.53 bits per heavy atom. The Kier molecular flexibility index (Phi) is 4.40. The van der Waals surface area contributed by atoms with Crippen molar-refractivity contribution in [1.82, 2.24) is 5.32 Å². The lowest BCUT2D eigenvalue weighted by molar-refractivity contribution is 0.108. The van der Waals surface area contributed by atoms with Gasteiger partial charge in [-0.1, -0.05) is 18.2 Å². The molecule has 0 bridgehead atoms. The van der Waals surface area contributed by atoms with Crippen LogP contribution in [0, 0.1) is 5.92 Å². The third kappa shape index (κ3) is 3.72. The second-order valence-electron chi connectivity index (χ2n) is 4.93. The average Bonchev–Trinajstić information content (AvgIpc) is 2.34. The molecule has 2 rings (SSSR count). The molecule has 1 aliphatic rings. The van der Waals surface area contributed by atoms with Crippen molar-refractivity contribution in [3.05, 3.63) is 29.8 Å². The highest BCUT2D eigenvalue weighted by Crippen LogP contribution is 2.23. The summed E-state index contributed by atoms with van der Waals surface area (Å²) in [5.74, 6) is 1.03. The number of nitrogens with one attached hydrogen (secondary N) is 1. The van der Waals surface area contributed by atoms with Gasteiger partial charge in [0.15, 0.2) is 0 Å². The van der Waals surface area contributed by atoms with Crippen molar-refractivity contribution in [2.45, 2.75) is 38.3 Å². The highest BCUT2D eigenvalue weighted by molar-refractivity contribution is 5.31. The Balaban J connectivity index is 1.71. The summed E-state index contributed by atoms with van der Waals surface area (Å²) < 4.78 is 0. The number of hydrogen-bond donors (Lipinski definition) is 3. The Morgan fingerprint density at radius 1 is 1.12 bits per heavy atom. The number of hydrogen-bond acceptors (Lipinski definition) is 3. The van der Waals surface area contributed by atoms with Crippen LogP contribution in [-0.4, -0.2) is 22.9 Å². The van der Waals surface area contributed by atoms with Gasteiger partial charge in [0.25, 0.3) is 0 Å². The molecule has 0 atom stereocenters. The highest BCUT2D eigenvalue weighted by atomic mass is 16.3. The summed E-state index contributed by atoms with van der Waals surface area (Å²) in [7, 11) is 0. The zero-order valence-corrected chi connectivity index (χ0v) is 10.1. The first-order valence-electron chi connectivity index (χ1n) is 6.41. The standard InChI is InChI=1S/C14H21NO2/c16-13-7-5-11(6-8-13)9-15-10-12-3-1-2-4-14(12)17/h1-4,11,13,15-17H,5-10H2. The molecule has 0 aromatic heterocycles. The molecule has 3 heteroatoms. The van der Waals surface area contributed by atoms with Gasteiger partial charge in [-0.05, 0) is 44.2 Å². The normalized spacial score (nSPS) is 24.8. The van der Waals surface area contributed by atoms with Crippen molar-refractivity contribution in [2.75, 3.05) is 6.54 Å². The zero-order valence-electron chi connectivity index (χ0n) is 10.1. The summed E-state index contributed by atoms with van der Waals surface area (Å²) in [5.41, 5.74) is 0.948. The lowest BCUT2D eigenvalue weighted by atomic mass is 9.87. The molecule has 0 saturated heterocycles. The molecule has 0 unspecified atom stereocenters. The quantitative estimate of drug-likeness (QED) is 0.748. The van der Waals surface area contributed by atoms with Crippen molar-refractivity contribution in [2.24, 2.45) is 5.92 Å². The number of benzene rings is 1. The summed E-state index contributed by atoms with van der Waals surface area (Å²) in [6.45, 7) is 1.69. The lowest BCUT2D eigenvalue weighted by Gasteiger charge is -2.25. The fraction of sp³-hybridized carbons (Fsp3) is 0.571. The Bertz CT molecular complexity index is 346. The van der Waals surface area contributed by atoms with Gasteiger partial charge in [-0.25, -0.2) is 0 Å². The average molecular weight is 235 g/mol. The van der Waals surface area contributed by atoms with E-state index < -0.39 is 0 Å². The topological polar surface area (TPSA) is 52.5 Å². The van der Waals surface area contributed by atoms with Gasteiger partial charge in [-0.3, -0.25) is 0 Å². The number of phenols is 1. The first-order chi connectivity index (χ1) is 8.25. The fourth-order valence-corrected chi connectivity index (χ4v) is 2.42. The van der Waals surface area contributed by atoms with Crippen molar-refractivity contribution >= 4 is 0 Å². The smallest absolute Gasteiger partial charge is 0.120 e. The highest BCUT2D eigenvalue weighted by Gasteiger charge is 2.18. The van der Waals surface area contributed by atoms with Crippen molar-refractivity contribution in [3.8, 4) is 5.75 Å². The zero-order chi connectivity index (χ0) is 12.1. The predicted molar refractivity (Wildman–Crippen MR) is 67.8 cm³/mol. The number of para-hydroxylation sites is 1. The third-order valence-electron chi connectivity index (χ3n) is 3.56. The molecule has 3 nitrogen and oxygen atoms in total. The van der Waals surface area contributed by atoms with Crippen molar-refractivity contribution in [3.63, 3.8) is 0 Å². The number of aromatic hydroxyl groups is 1. The summed E-state index contributed by atoms with van der Waals surface area (Å²) in [4.78, 5) is 0. The first kappa shape index (κ1) is 12.4. The molecule has 17 heavy (non-hydrogen) atoms. The molecule has 1 aliphatic carbocycles. The van der Waals surface area contributed by atoms with E-state index in [2.05, 4.69) is 5.32 Å². The molecule has 1 aromatic rings. The molecule has 1 aromatic carbocycles. The van der Waals surface area contributed by atoms with Crippen LogP contribution in [0.1, 0.15) is 31.2 Å². The summed E-state index contributed by atoms with van der Waals surface area (Å²) in [6, 6.07) is 7.43. The Hall–Kier alpha value is -1.06. The van der Waals surface area contributed by atoms with E-state index in [9.17, 15) is 10.2 Å². The first-order valence-corrected chi connectivity index (χ1v) is 6.41. The molecule has 0 amide bonds. The molecule has 0 radical (unpaired) electrons. The van der Waals surface area contributed by atoms with E-state index in [1.165, 1.54) is 0 Å². The number of aliphatic hydroxyl groups is 1. The van der Waals surface area contributed by atoms with E-state index in [0.29, 0.717) is 18.2 Å². The van der Waals surface area contributed by atoms with E-state index in [1.807, 2.05) is 18.2 Å². The fourth-order valence-electron chi connectivity index (χ4n) is 2.42. The maximum Gasteiger partial charge on any atom is 0.120 e. The molecule has 1 saturated carbocycles. The van der Waals surface area contributed by atoms with Gasteiger partial charge in [-0.2, -0.15) is 0 Å². The molecule has 0 spiro atoms. The minimum Gasteiger partial charge on any atom is -0.508 e. The molecule has 94 valence electrons. The molecular weight excluding hydrogens is 214 g/mol. The molecule has 3 N–H and O–H groups in total. The largest absolute Gasteiger partial charge is 0.508 e. The third-order valence-corrected chi connectivity index (χ3v) is 3.56. The van der Waals surface area contributed by atoms with Gasteiger partial charge in [-0.15, -0.1) is 0 Å². The van der Waals surface area contributed by atoms with Crippen LogP contribution >= 0.6 is 0 Å². The van der Waals surface area contributed by atoms with Gasteiger partial charge in [0.05, 0.1) is 6.10 Å². The molecule has 0 aliphatic heterocycles. The van der Waals surface area contributed by atoms with Gasteiger partial charge in [0.1, 0.15) is 5.75 Å². The van der Waals surface area contributed by atoms with Crippen LogP contribution in [0.3, 0.4) is 0 Å². The van der Waals surface area contributed by atoms with E-state index in [0.717, 1.165) is 37.8 Å². The van der Waals surface area contributed by atoms with Crippen LogP contribution in [0.25, 0.3) is 0 Å². The Labute approximate surface area is 102 Å². The minimum absolute atomic E-state index is 0.0792. The molecule has 0 heterocycles. The summed E-state index contributed by atoms with van der Waals surface area (Å²) in [5, 5.41) is 22.4. The monoisotopic (exact) mass is 235 g/mol. The van der Waals surface area contributed by atoms with Crippen molar-refractivity contribution in [1.29, 1.82) is 0 Å². The van der Waals surface area contributed by atoms with Crippen molar-refractivity contribution < 1.29 is 10.2 Å². The maximum absolute atomic E-state index is 9.61. The number of phenolic OH excluding ortho intramolecular Hbond substituents is 1. The van der Waals surface area contributed by atoms with Gasteiger partial charge in [0, 0.05) is 12.1 Å². The van der Waals surface area contributed by atoms with Crippen LogP contribution in [0.2, 0.25) is 0 Å². The summed E-state index contributed by atoms with van der Waals surface area (Å²) in [6.07, 6.45) is 4.00. The predicted octanol–water partition coefficient (Wildman–Crippen LogP) is 2.03. The van der Waals surface area contributed by atoms with Gasteiger partial charge < -0.3 is 15.5 Å². The second-order valence-corrected chi connectivity index (χ2v) is 4.93. The Morgan fingerprint density at radius 2 is 1.82 bits per heavy atom. The maximum atomic E-state index is 9.61. The van der Waals surface area contributed by atoms with Gasteiger partial charge >= 0.3 is 0 Å². The number of aliphatic hydroxyl groups excluding tert-OH is 1. The van der Waals surface area contributed by atoms with Crippen LogP contribution in [-0.2, 0) is 6.54 Å². The van der Waals surface area contributed by atoms with E-state index in [1.54, 1.807) is 6.07 Å². The van der Waals surface area contributed by atoms with E-state index in [-0.39, 0.29) is 6.10 Å². The van der Waals surface area contributed by atoms with Crippen LogP contribution < -0.4 is 5.32 Å². The lowest BCUT2D eigenvalue weighted by Crippen LogP contribution is -2.27. The SMILES string of the molecule is Oc1ccccc1CNCC1CCC(O)CC1. The van der Waals surface area contributed by atoms with Crippen LogP contribution in [0.5, 0.6) is 5.75 Å². The van der Waals surface area contributed by atoms with E-state index >= 15 is 0 Å². The van der Waals surface area contributed by atoms with Gasteiger partial charge in [0.2, 0.25) is 0 Å². The molecular formula is C14H21NO2. The molecule has 1 fully saturated rings. The van der Waals surface area contributed by atoms with Crippen LogP contribution in [0.15, 0.2) is 24.3 Å². The minimum atomic E-state index is -0.0792. The van der Waals surface area contributed by atoms with E-state index in [4.69, 9.17) is 0 Å². The second kappa shape index (κ2) is 6.03. The number of rotatable bonds is 4. The summed E-state index contributed by atoms with van der Waals surface area (Å²) >= 11 is 0.